The number of aromatic nitrogens is 3. The molecule has 1 aliphatic heterocycles. The van der Waals surface area contributed by atoms with Crippen LogP contribution < -0.4 is 5.32 Å². The van der Waals surface area contributed by atoms with E-state index in [1.807, 2.05) is 0 Å². The summed E-state index contributed by atoms with van der Waals surface area (Å²) >= 11 is 0. The summed E-state index contributed by atoms with van der Waals surface area (Å²) in [5.41, 5.74) is 5.89. The molecule has 28 heavy (non-hydrogen) atoms. The highest BCUT2D eigenvalue weighted by Crippen LogP contribution is 2.28. The normalized spacial score (nSPS) is 13.5. The zero-order valence-corrected chi connectivity index (χ0v) is 16.8. The molecule has 144 valence electrons. The van der Waals surface area contributed by atoms with E-state index in [1.54, 1.807) is 0 Å². The third-order valence-electron chi connectivity index (χ3n) is 5.30. The second-order valence-electron chi connectivity index (χ2n) is 7.42. The van der Waals surface area contributed by atoms with Gasteiger partial charge in [0.25, 0.3) is 5.89 Å². The fourth-order valence-electron chi connectivity index (χ4n) is 3.82. The first kappa shape index (κ1) is 18.7. The average Bonchev–Trinajstić information content (AvgIpc) is 3.34. The van der Waals surface area contributed by atoms with Crippen molar-refractivity contribution in [2.24, 2.45) is 0 Å². The molecule has 0 radical (unpaired) electrons. The molecule has 5 rings (SSSR count). The molecule has 2 aromatic heterocycles. The van der Waals surface area contributed by atoms with Crippen molar-refractivity contribution < 1.29 is 4.52 Å². The molecule has 0 aliphatic carbocycles. The van der Waals surface area contributed by atoms with Gasteiger partial charge in [0.15, 0.2) is 0 Å². The molecule has 0 unspecified atom stereocenters. The second kappa shape index (κ2) is 7.41. The van der Waals surface area contributed by atoms with Crippen molar-refractivity contribution in [3.63, 3.8) is 0 Å². The van der Waals surface area contributed by atoms with Crippen LogP contribution in [0.25, 0.3) is 33.7 Å². The Morgan fingerprint density at radius 1 is 1.04 bits per heavy atom. The van der Waals surface area contributed by atoms with Gasteiger partial charge in [0.1, 0.15) is 0 Å². The monoisotopic (exact) mass is 394 g/mol. The predicted octanol–water partition coefficient (Wildman–Crippen LogP) is 5.01. The van der Waals surface area contributed by atoms with Gasteiger partial charge in [-0.15, -0.1) is 12.4 Å². The molecule has 0 atom stereocenters. The van der Waals surface area contributed by atoms with E-state index in [9.17, 15) is 0 Å². The Kier molecular flexibility index (Phi) is 4.96. The van der Waals surface area contributed by atoms with Gasteiger partial charge in [-0.05, 0) is 68.3 Å². The average molecular weight is 395 g/mol. The Labute approximate surface area is 170 Å². The highest BCUT2D eigenvalue weighted by atomic mass is 35.5. The minimum absolute atomic E-state index is 0. The number of hydrogen-bond donors (Lipinski definition) is 1. The van der Waals surface area contributed by atoms with Crippen molar-refractivity contribution in [3.8, 4) is 22.8 Å². The van der Waals surface area contributed by atoms with Gasteiger partial charge in [0.05, 0.1) is 0 Å². The first-order valence-corrected chi connectivity index (χ1v) is 9.46. The number of halogens is 1. The van der Waals surface area contributed by atoms with Gasteiger partial charge in [-0.1, -0.05) is 17.3 Å². The number of fused-ring (bicyclic) bond motifs is 2. The molecule has 0 saturated heterocycles. The summed E-state index contributed by atoms with van der Waals surface area (Å²) in [7, 11) is 0. The van der Waals surface area contributed by atoms with Crippen LogP contribution in [-0.4, -0.2) is 21.3 Å². The number of nitrogens with zero attached hydrogens (tertiary/aromatic N) is 3. The van der Waals surface area contributed by atoms with Crippen molar-refractivity contribution in [1.82, 2.24) is 20.0 Å². The van der Waals surface area contributed by atoms with E-state index in [2.05, 4.69) is 82.5 Å². The quantitative estimate of drug-likeness (QED) is 0.530. The van der Waals surface area contributed by atoms with Crippen LogP contribution in [0.1, 0.15) is 31.0 Å². The van der Waals surface area contributed by atoms with Crippen molar-refractivity contribution in [2.45, 2.75) is 32.9 Å². The van der Waals surface area contributed by atoms with E-state index < -0.39 is 0 Å². The van der Waals surface area contributed by atoms with Gasteiger partial charge in [-0.2, -0.15) is 4.98 Å². The molecule has 4 aromatic rings. The third-order valence-corrected chi connectivity index (χ3v) is 5.30. The summed E-state index contributed by atoms with van der Waals surface area (Å²) in [6, 6.07) is 15.3. The molecule has 1 aliphatic rings. The second-order valence-corrected chi connectivity index (χ2v) is 7.42. The molecular weight excluding hydrogens is 372 g/mol. The lowest BCUT2D eigenvalue weighted by molar-refractivity contribution is 0.432. The number of nitrogens with one attached hydrogen (secondary N) is 1. The van der Waals surface area contributed by atoms with Gasteiger partial charge < -0.3 is 14.4 Å². The largest absolute Gasteiger partial charge is 0.345 e. The summed E-state index contributed by atoms with van der Waals surface area (Å²) < 4.78 is 7.83. The van der Waals surface area contributed by atoms with Crippen LogP contribution in [0.5, 0.6) is 0 Å². The Bertz CT molecular complexity index is 1130. The summed E-state index contributed by atoms with van der Waals surface area (Å²) in [5, 5.41) is 8.81. The van der Waals surface area contributed by atoms with Crippen molar-refractivity contribution in [2.75, 3.05) is 6.54 Å². The summed E-state index contributed by atoms with van der Waals surface area (Å²) in [6.45, 7) is 6.31. The fraction of sp³-hybridized carbons (Fsp3) is 0.273. The van der Waals surface area contributed by atoms with Crippen LogP contribution in [0.3, 0.4) is 0 Å². The zero-order valence-electron chi connectivity index (χ0n) is 16.0. The SMILES string of the molecule is CC(C)n1ccc2cc(-c3nc(-c4ccc5c(c4)CNCC5)no3)ccc21.Cl. The maximum absolute atomic E-state index is 5.57. The molecule has 2 aromatic carbocycles. The Morgan fingerprint density at radius 2 is 1.89 bits per heavy atom. The molecule has 0 bridgehead atoms. The highest BCUT2D eigenvalue weighted by molar-refractivity contribution is 5.85. The Morgan fingerprint density at radius 3 is 2.75 bits per heavy atom. The van der Waals surface area contributed by atoms with Crippen LogP contribution in [0.15, 0.2) is 53.2 Å². The van der Waals surface area contributed by atoms with Gasteiger partial charge in [0, 0.05) is 40.8 Å². The van der Waals surface area contributed by atoms with Gasteiger partial charge in [-0.3, -0.25) is 0 Å². The van der Waals surface area contributed by atoms with Gasteiger partial charge in [0.2, 0.25) is 5.82 Å². The van der Waals surface area contributed by atoms with Gasteiger partial charge >= 0.3 is 0 Å². The van der Waals surface area contributed by atoms with Crippen molar-refractivity contribution in [1.29, 1.82) is 0 Å². The Hall–Kier alpha value is -2.63. The van der Waals surface area contributed by atoms with Crippen LogP contribution in [-0.2, 0) is 13.0 Å². The molecule has 0 amide bonds. The van der Waals surface area contributed by atoms with E-state index in [0.717, 1.165) is 30.6 Å². The minimum Gasteiger partial charge on any atom is -0.345 e. The number of benzene rings is 2. The lowest BCUT2D eigenvalue weighted by Gasteiger charge is -2.17. The molecule has 0 spiro atoms. The van der Waals surface area contributed by atoms with E-state index >= 15 is 0 Å². The highest BCUT2D eigenvalue weighted by Gasteiger charge is 2.15. The topological polar surface area (TPSA) is 55.9 Å². The summed E-state index contributed by atoms with van der Waals surface area (Å²) in [6.07, 6.45) is 3.20. The van der Waals surface area contributed by atoms with Crippen LogP contribution >= 0.6 is 12.4 Å². The first-order valence-electron chi connectivity index (χ1n) is 9.46. The van der Waals surface area contributed by atoms with Crippen LogP contribution in [0.2, 0.25) is 0 Å². The maximum Gasteiger partial charge on any atom is 0.258 e. The fourth-order valence-corrected chi connectivity index (χ4v) is 3.82. The van der Waals surface area contributed by atoms with E-state index in [1.165, 1.54) is 22.0 Å². The van der Waals surface area contributed by atoms with Gasteiger partial charge in [-0.25, -0.2) is 0 Å². The standard InChI is InChI=1S/C22H22N4O.ClH/c1-14(2)26-10-8-16-11-18(5-6-20(16)26)22-24-21(25-27-22)17-4-3-15-7-9-23-13-19(15)12-17;/h3-6,8,10-12,14,23H,7,9,13H2,1-2H3;1H. The molecule has 0 saturated carbocycles. The van der Waals surface area contributed by atoms with Crippen molar-refractivity contribution >= 4 is 23.3 Å². The zero-order chi connectivity index (χ0) is 18.4. The van der Waals surface area contributed by atoms with E-state index in [0.29, 0.717) is 17.8 Å². The Balaban J connectivity index is 0.00000192. The molecule has 6 heteroatoms. The van der Waals surface area contributed by atoms with E-state index in [4.69, 9.17) is 4.52 Å². The molecule has 3 heterocycles. The molecule has 1 N–H and O–H groups in total. The third kappa shape index (κ3) is 3.21. The lowest BCUT2D eigenvalue weighted by Crippen LogP contribution is -2.23. The lowest BCUT2D eigenvalue weighted by atomic mass is 9.98. The smallest absolute Gasteiger partial charge is 0.258 e. The van der Waals surface area contributed by atoms with E-state index in [-0.39, 0.29) is 12.4 Å². The first-order chi connectivity index (χ1) is 13.2. The minimum atomic E-state index is 0. The van der Waals surface area contributed by atoms with Crippen LogP contribution in [0.4, 0.5) is 0 Å². The summed E-state index contributed by atoms with van der Waals surface area (Å²) in [5.74, 6) is 1.19. The maximum atomic E-state index is 5.57. The van der Waals surface area contributed by atoms with Crippen molar-refractivity contribution in [3.05, 3.63) is 59.8 Å². The predicted molar refractivity (Wildman–Crippen MR) is 114 cm³/mol. The molecule has 5 nitrogen and oxygen atoms in total. The van der Waals surface area contributed by atoms with Crippen LogP contribution in [0, 0.1) is 0 Å². The summed E-state index contributed by atoms with van der Waals surface area (Å²) in [4.78, 5) is 4.64. The number of rotatable bonds is 3. The molecule has 0 fully saturated rings. The number of hydrogen-bond acceptors (Lipinski definition) is 4. The molecular formula is C22H23ClN4O.